The lowest BCUT2D eigenvalue weighted by Crippen LogP contribution is -2.08. The van der Waals surface area contributed by atoms with E-state index in [2.05, 4.69) is 21.5 Å². The Morgan fingerprint density at radius 1 is 1.50 bits per heavy atom. The SMILES string of the molecule is Cc1ccnc(NCCc2cnn(C)c2)c1C#N. The molecule has 0 aliphatic rings. The standard InChI is InChI=1S/C13H15N5/c1-10-3-5-15-13(12(10)7-14)16-6-4-11-8-17-18(2)9-11/h3,5,8-9H,4,6H2,1-2H3,(H,15,16). The molecule has 92 valence electrons. The Hall–Kier alpha value is -2.35. The van der Waals surface area contributed by atoms with Crippen LogP contribution in [0.1, 0.15) is 16.7 Å². The molecule has 0 fully saturated rings. The maximum Gasteiger partial charge on any atom is 0.144 e. The molecule has 2 aromatic rings. The number of pyridine rings is 1. The van der Waals surface area contributed by atoms with Crippen molar-refractivity contribution >= 4 is 5.82 Å². The Labute approximate surface area is 106 Å². The normalized spacial score (nSPS) is 10.1. The van der Waals surface area contributed by atoms with E-state index in [4.69, 9.17) is 5.26 Å². The van der Waals surface area contributed by atoms with Crippen molar-refractivity contribution in [2.45, 2.75) is 13.3 Å². The van der Waals surface area contributed by atoms with Crippen LogP contribution in [0.4, 0.5) is 5.82 Å². The zero-order valence-electron chi connectivity index (χ0n) is 10.5. The second-order valence-corrected chi connectivity index (χ2v) is 4.16. The molecule has 2 rings (SSSR count). The Kier molecular flexibility index (Phi) is 3.58. The molecule has 2 aromatic heterocycles. The molecule has 0 atom stereocenters. The van der Waals surface area contributed by atoms with E-state index in [0.717, 1.165) is 24.1 Å². The highest BCUT2D eigenvalue weighted by atomic mass is 15.2. The minimum Gasteiger partial charge on any atom is -0.369 e. The smallest absolute Gasteiger partial charge is 0.144 e. The first-order valence-corrected chi connectivity index (χ1v) is 5.78. The van der Waals surface area contributed by atoms with Gasteiger partial charge in [0, 0.05) is 26.0 Å². The number of aromatic nitrogens is 3. The molecular weight excluding hydrogens is 226 g/mol. The van der Waals surface area contributed by atoms with E-state index in [1.165, 1.54) is 0 Å². The zero-order chi connectivity index (χ0) is 13.0. The molecule has 0 aliphatic carbocycles. The van der Waals surface area contributed by atoms with E-state index in [9.17, 15) is 0 Å². The van der Waals surface area contributed by atoms with Crippen molar-refractivity contribution in [3.05, 3.63) is 41.3 Å². The number of aryl methyl sites for hydroxylation is 2. The first-order valence-electron chi connectivity index (χ1n) is 5.78. The van der Waals surface area contributed by atoms with E-state index in [1.54, 1.807) is 10.9 Å². The van der Waals surface area contributed by atoms with Crippen molar-refractivity contribution in [1.82, 2.24) is 14.8 Å². The van der Waals surface area contributed by atoms with Crippen LogP contribution in [-0.4, -0.2) is 21.3 Å². The van der Waals surface area contributed by atoms with Gasteiger partial charge in [-0.2, -0.15) is 10.4 Å². The van der Waals surface area contributed by atoms with Gasteiger partial charge in [-0.3, -0.25) is 4.68 Å². The van der Waals surface area contributed by atoms with Crippen LogP contribution in [0.3, 0.4) is 0 Å². The van der Waals surface area contributed by atoms with Crippen molar-refractivity contribution in [3.63, 3.8) is 0 Å². The Morgan fingerprint density at radius 2 is 2.33 bits per heavy atom. The summed E-state index contributed by atoms with van der Waals surface area (Å²) in [6, 6.07) is 4.01. The fourth-order valence-corrected chi connectivity index (χ4v) is 1.76. The quantitative estimate of drug-likeness (QED) is 0.883. The second-order valence-electron chi connectivity index (χ2n) is 4.16. The van der Waals surface area contributed by atoms with Crippen LogP contribution in [0.2, 0.25) is 0 Å². The molecule has 2 heterocycles. The number of nitrogens with one attached hydrogen (secondary N) is 1. The van der Waals surface area contributed by atoms with Gasteiger partial charge in [-0.25, -0.2) is 4.98 Å². The molecule has 0 amide bonds. The molecule has 5 heteroatoms. The van der Waals surface area contributed by atoms with Gasteiger partial charge in [0.05, 0.1) is 11.8 Å². The third-order valence-corrected chi connectivity index (χ3v) is 2.74. The average molecular weight is 241 g/mol. The molecule has 18 heavy (non-hydrogen) atoms. The van der Waals surface area contributed by atoms with Crippen LogP contribution >= 0.6 is 0 Å². The molecule has 0 spiro atoms. The third-order valence-electron chi connectivity index (χ3n) is 2.74. The molecule has 5 nitrogen and oxygen atoms in total. The summed E-state index contributed by atoms with van der Waals surface area (Å²) in [5, 5.41) is 16.4. The lowest BCUT2D eigenvalue weighted by molar-refractivity contribution is 0.767. The van der Waals surface area contributed by atoms with Crippen LogP contribution in [0.25, 0.3) is 0 Å². The monoisotopic (exact) mass is 241 g/mol. The predicted octanol–water partition coefficient (Wildman–Crippen LogP) is 1.65. The molecule has 0 saturated heterocycles. The van der Waals surface area contributed by atoms with Crippen LogP contribution in [0, 0.1) is 18.3 Å². The van der Waals surface area contributed by atoms with Gasteiger partial charge >= 0.3 is 0 Å². The largest absolute Gasteiger partial charge is 0.369 e. The lowest BCUT2D eigenvalue weighted by atomic mass is 10.1. The van der Waals surface area contributed by atoms with Crippen molar-refractivity contribution < 1.29 is 0 Å². The Bertz CT molecular complexity index is 579. The van der Waals surface area contributed by atoms with Crippen LogP contribution < -0.4 is 5.32 Å². The van der Waals surface area contributed by atoms with Gasteiger partial charge in [-0.05, 0) is 30.5 Å². The topological polar surface area (TPSA) is 66.5 Å². The van der Waals surface area contributed by atoms with E-state index >= 15 is 0 Å². The van der Waals surface area contributed by atoms with Crippen LogP contribution in [0.5, 0.6) is 0 Å². The summed E-state index contributed by atoms with van der Waals surface area (Å²) >= 11 is 0. The summed E-state index contributed by atoms with van der Waals surface area (Å²) in [4.78, 5) is 4.19. The Balaban J connectivity index is 1.99. The first-order chi connectivity index (χ1) is 8.70. The van der Waals surface area contributed by atoms with Gasteiger partial charge in [0.25, 0.3) is 0 Å². The molecule has 1 N–H and O–H groups in total. The summed E-state index contributed by atoms with van der Waals surface area (Å²) in [5.41, 5.74) is 2.72. The number of anilines is 1. The van der Waals surface area contributed by atoms with E-state index in [-0.39, 0.29) is 0 Å². The van der Waals surface area contributed by atoms with Gasteiger partial charge in [-0.15, -0.1) is 0 Å². The predicted molar refractivity (Wildman–Crippen MR) is 69.1 cm³/mol. The zero-order valence-corrected chi connectivity index (χ0v) is 10.5. The van der Waals surface area contributed by atoms with Gasteiger partial charge < -0.3 is 5.32 Å². The minimum atomic E-state index is 0.615. The van der Waals surface area contributed by atoms with Gasteiger partial charge in [0.15, 0.2) is 0 Å². The number of nitrogens with zero attached hydrogens (tertiary/aromatic N) is 4. The highest BCUT2D eigenvalue weighted by molar-refractivity contribution is 5.55. The van der Waals surface area contributed by atoms with Crippen molar-refractivity contribution in [2.75, 3.05) is 11.9 Å². The molecule has 0 aliphatic heterocycles. The number of nitriles is 1. The van der Waals surface area contributed by atoms with Crippen molar-refractivity contribution in [1.29, 1.82) is 5.26 Å². The summed E-state index contributed by atoms with van der Waals surface area (Å²) < 4.78 is 1.78. The van der Waals surface area contributed by atoms with Crippen LogP contribution in [-0.2, 0) is 13.5 Å². The van der Waals surface area contributed by atoms with Crippen molar-refractivity contribution in [3.8, 4) is 6.07 Å². The molecule has 0 aromatic carbocycles. The van der Waals surface area contributed by atoms with E-state index in [0.29, 0.717) is 11.4 Å². The average Bonchev–Trinajstić information content (AvgIpc) is 2.75. The molecule has 0 saturated carbocycles. The molecule has 0 radical (unpaired) electrons. The first kappa shape index (κ1) is 12.1. The minimum absolute atomic E-state index is 0.615. The number of rotatable bonds is 4. The lowest BCUT2D eigenvalue weighted by Gasteiger charge is -2.07. The number of hydrogen-bond acceptors (Lipinski definition) is 4. The summed E-state index contributed by atoms with van der Waals surface area (Å²) in [6.07, 6.45) is 6.39. The highest BCUT2D eigenvalue weighted by Gasteiger charge is 2.05. The van der Waals surface area contributed by atoms with Gasteiger partial charge in [-0.1, -0.05) is 0 Å². The summed E-state index contributed by atoms with van der Waals surface area (Å²) in [5.74, 6) is 0.654. The number of hydrogen-bond donors (Lipinski definition) is 1. The van der Waals surface area contributed by atoms with E-state index < -0.39 is 0 Å². The molecule has 0 unspecified atom stereocenters. The molecular formula is C13H15N5. The second kappa shape index (κ2) is 5.32. The maximum atomic E-state index is 9.08. The fraction of sp³-hybridized carbons (Fsp3) is 0.308. The summed E-state index contributed by atoms with van der Waals surface area (Å²) in [7, 11) is 1.90. The summed E-state index contributed by atoms with van der Waals surface area (Å²) in [6.45, 7) is 2.64. The van der Waals surface area contributed by atoms with Crippen molar-refractivity contribution in [2.24, 2.45) is 7.05 Å². The fourth-order valence-electron chi connectivity index (χ4n) is 1.76. The van der Waals surface area contributed by atoms with E-state index in [1.807, 2.05) is 32.4 Å². The Morgan fingerprint density at radius 3 is 3.00 bits per heavy atom. The van der Waals surface area contributed by atoms with Gasteiger partial charge in [0.1, 0.15) is 11.9 Å². The maximum absolute atomic E-state index is 9.08. The highest BCUT2D eigenvalue weighted by Crippen LogP contribution is 2.14. The third kappa shape index (κ3) is 2.66. The van der Waals surface area contributed by atoms with Crippen LogP contribution in [0.15, 0.2) is 24.7 Å². The molecule has 0 bridgehead atoms. The van der Waals surface area contributed by atoms with Gasteiger partial charge in [0.2, 0.25) is 0 Å².